The highest BCUT2D eigenvalue weighted by Crippen LogP contribution is 2.18. The fourth-order valence-electron chi connectivity index (χ4n) is 2.84. The van der Waals surface area contributed by atoms with Crippen LogP contribution in [0.3, 0.4) is 0 Å². The van der Waals surface area contributed by atoms with Crippen molar-refractivity contribution in [3.05, 3.63) is 35.9 Å². The van der Waals surface area contributed by atoms with Crippen LogP contribution in [0.4, 0.5) is 0 Å². The number of hydrogen-bond acceptors (Lipinski definition) is 2. The fourth-order valence-corrected chi connectivity index (χ4v) is 2.84. The molecule has 2 unspecified atom stereocenters. The third kappa shape index (κ3) is 6.49. The number of nitrogens with one attached hydrogen (secondary N) is 2. The molecule has 4 heteroatoms. The molecule has 0 spiro atoms. The summed E-state index contributed by atoms with van der Waals surface area (Å²) in [5.41, 5.74) is 1.24. The van der Waals surface area contributed by atoms with Gasteiger partial charge in [0.15, 0.2) is 0 Å². The van der Waals surface area contributed by atoms with Gasteiger partial charge in [-0.1, -0.05) is 37.3 Å². The predicted octanol–water partition coefficient (Wildman–Crippen LogP) is 3.11. The zero-order valence-corrected chi connectivity index (χ0v) is 13.6. The van der Waals surface area contributed by atoms with Crippen molar-refractivity contribution in [2.75, 3.05) is 19.6 Å². The first-order valence-electron chi connectivity index (χ1n) is 7.78. The van der Waals surface area contributed by atoms with E-state index in [1.807, 2.05) is 18.2 Å². The molecule has 1 saturated heterocycles. The van der Waals surface area contributed by atoms with Crippen molar-refractivity contribution in [1.82, 2.24) is 10.6 Å². The lowest BCUT2D eigenvalue weighted by molar-refractivity contribution is -0.121. The van der Waals surface area contributed by atoms with E-state index in [0.717, 1.165) is 32.0 Å². The van der Waals surface area contributed by atoms with Crippen molar-refractivity contribution in [3.8, 4) is 0 Å². The smallest absolute Gasteiger partial charge is 0.220 e. The molecular weight excluding hydrogens is 284 g/mol. The van der Waals surface area contributed by atoms with Gasteiger partial charge in [0.25, 0.3) is 0 Å². The number of hydrogen-bond donors (Lipinski definition) is 2. The maximum absolute atomic E-state index is 11.9. The zero-order valence-electron chi connectivity index (χ0n) is 12.8. The SMILES string of the molecule is CC(CC(=O)NCCC1CCCNC1)c1ccccc1.Cl. The summed E-state index contributed by atoms with van der Waals surface area (Å²) in [6.45, 7) is 5.18. The summed E-state index contributed by atoms with van der Waals surface area (Å²) in [6, 6.07) is 10.2. The number of carbonyl (C=O) groups is 1. The van der Waals surface area contributed by atoms with Gasteiger partial charge in [-0.25, -0.2) is 0 Å². The zero-order chi connectivity index (χ0) is 14.2. The van der Waals surface area contributed by atoms with Gasteiger partial charge in [0.2, 0.25) is 5.91 Å². The molecule has 1 aliphatic heterocycles. The van der Waals surface area contributed by atoms with E-state index >= 15 is 0 Å². The molecule has 1 aromatic rings. The molecule has 0 bridgehead atoms. The van der Waals surface area contributed by atoms with Crippen LogP contribution in [0, 0.1) is 5.92 Å². The Morgan fingerprint density at radius 2 is 2.14 bits per heavy atom. The normalized spacial score (nSPS) is 19.4. The Morgan fingerprint density at radius 1 is 1.38 bits per heavy atom. The first-order valence-corrected chi connectivity index (χ1v) is 7.78. The van der Waals surface area contributed by atoms with Gasteiger partial charge in [-0.3, -0.25) is 4.79 Å². The molecule has 2 rings (SSSR count). The van der Waals surface area contributed by atoms with Crippen molar-refractivity contribution in [2.45, 2.75) is 38.5 Å². The number of halogens is 1. The van der Waals surface area contributed by atoms with Gasteiger partial charge in [-0.2, -0.15) is 0 Å². The average molecular weight is 311 g/mol. The van der Waals surface area contributed by atoms with E-state index in [1.165, 1.54) is 18.4 Å². The van der Waals surface area contributed by atoms with Crippen LogP contribution in [0.1, 0.15) is 44.1 Å². The Morgan fingerprint density at radius 3 is 2.81 bits per heavy atom. The summed E-state index contributed by atoms with van der Waals surface area (Å²) >= 11 is 0. The van der Waals surface area contributed by atoms with Gasteiger partial charge < -0.3 is 10.6 Å². The minimum Gasteiger partial charge on any atom is -0.356 e. The quantitative estimate of drug-likeness (QED) is 0.847. The fraction of sp³-hybridized carbons (Fsp3) is 0.588. The molecule has 0 aliphatic carbocycles. The van der Waals surface area contributed by atoms with Crippen LogP contribution in [0.15, 0.2) is 30.3 Å². The second-order valence-electron chi connectivity index (χ2n) is 5.87. The van der Waals surface area contributed by atoms with Crippen LogP contribution in [-0.4, -0.2) is 25.5 Å². The van der Waals surface area contributed by atoms with E-state index in [2.05, 4.69) is 29.7 Å². The van der Waals surface area contributed by atoms with Crippen LogP contribution in [0.25, 0.3) is 0 Å². The summed E-state index contributed by atoms with van der Waals surface area (Å²) < 4.78 is 0. The van der Waals surface area contributed by atoms with Crippen LogP contribution in [0.2, 0.25) is 0 Å². The van der Waals surface area contributed by atoms with Crippen molar-refractivity contribution >= 4 is 18.3 Å². The molecule has 0 saturated carbocycles. The summed E-state index contributed by atoms with van der Waals surface area (Å²) in [5, 5.41) is 6.48. The van der Waals surface area contributed by atoms with E-state index < -0.39 is 0 Å². The van der Waals surface area contributed by atoms with Crippen LogP contribution in [-0.2, 0) is 4.79 Å². The monoisotopic (exact) mass is 310 g/mol. The molecule has 3 nitrogen and oxygen atoms in total. The van der Waals surface area contributed by atoms with Crippen LogP contribution >= 0.6 is 12.4 Å². The first-order chi connectivity index (χ1) is 9.75. The predicted molar refractivity (Wildman–Crippen MR) is 89.9 cm³/mol. The second kappa shape index (κ2) is 9.80. The molecular formula is C17H27ClN2O. The molecule has 2 atom stereocenters. The summed E-state index contributed by atoms with van der Waals surface area (Å²) in [5.74, 6) is 1.19. The van der Waals surface area contributed by atoms with E-state index in [1.54, 1.807) is 0 Å². The van der Waals surface area contributed by atoms with E-state index in [0.29, 0.717) is 6.42 Å². The maximum Gasteiger partial charge on any atom is 0.220 e. The van der Waals surface area contributed by atoms with Gasteiger partial charge in [0, 0.05) is 13.0 Å². The van der Waals surface area contributed by atoms with Crippen LogP contribution < -0.4 is 10.6 Å². The minimum atomic E-state index is 0. The Balaban J connectivity index is 0.00000220. The standard InChI is InChI=1S/C17H26N2O.ClH/c1-14(16-7-3-2-4-8-16)12-17(20)19-11-9-15-6-5-10-18-13-15;/h2-4,7-8,14-15,18H,5-6,9-13H2,1H3,(H,19,20);1H. The number of rotatable bonds is 6. The van der Waals surface area contributed by atoms with Gasteiger partial charge >= 0.3 is 0 Å². The lowest BCUT2D eigenvalue weighted by atomic mass is 9.96. The van der Waals surface area contributed by atoms with Gasteiger partial charge in [-0.05, 0) is 49.8 Å². The Hall–Kier alpha value is -1.06. The number of amides is 1. The molecule has 1 fully saturated rings. The average Bonchev–Trinajstić information content (AvgIpc) is 2.49. The number of carbonyl (C=O) groups excluding carboxylic acids is 1. The van der Waals surface area contributed by atoms with Gasteiger partial charge in [0.1, 0.15) is 0 Å². The van der Waals surface area contributed by atoms with E-state index in [-0.39, 0.29) is 24.2 Å². The molecule has 21 heavy (non-hydrogen) atoms. The Labute approximate surface area is 134 Å². The molecule has 1 heterocycles. The van der Waals surface area contributed by atoms with E-state index in [9.17, 15) is 4.79 Å². The Kier molecular flexibility index (Phi) is 8.40. The lowest BCUT2D eigenvalue weighted by Crippen LogP contribution is -2.33. The van der Waals surface area contributed by atoms with Gasteiger partial charge in [-0.15, -0.1) is 12.4 Å². The number of piperidine rings is 1. The third-order valence-electron chi connectivity index (χ3n) is 4.13. The molecule has 118 valence electrons. The topological polar surface area (TPSA) is 41.1 Å². The molecule has 1 aromatic carbocycles. The summed E-state index contributed by atoms with van der Waals surface area (Å²) in [4.78, 5) is 11.9. The highest BCUT2D eigenvalue weighted by Gasteiger charge is 2.14. The Bertz CT molecular complexity index is 405. The number of benzene rings is 1. The minimum absolute atomic E-state index is 0. The van der Waals surface area contributed by atoms with Crippen molar-refractivity contribution < 1.29 is 4.79 Å². The first kappa shape index (κ1) is 18.0. The van der Waals surface area contributed by atoms with Gasteiger partial charge in [0.05, 0.1) is 0 Å². The molecule has 0 aromatic heterocycles. The highest BCUT2D eigenvalue weighted by atomic mass is 35.5. The largest absolute Gasteiger partial charge is 0.356 e. The third-order valence-corrected chi connectivity index (χ3v) is 4.13. The lowest BCUT2D eigenvalue weighted by Gasteiger charge is -2.22. The summed E-state index contributed by atoms with van der Waals surface area (Å²) in [7, 11) is 0. The summed E-state index contributed by atoms with van der Waals surface area (Å²) in [6.07, 6.45) is 4.23. The maximum atomic E-state index is 11.9. The second-order valence-corrected chi connectivity index (χ2v) is 5.87. The van der Waals surface area contributed by atoms with E-state index in [4.69, 9.17) is 0 Å². The molecule has 1 amide bonds. The van der Waals surface area contributed by atoms with Crippen molar-refractivity contribution in [3.63, 3.8) is 0 Å². The molecule has 0 radical (unpaired) electrons. The van der Waals surface area contributed by atoms with Crippen molar-refractivity contribution in [1.29, 1.82) is 0 Å². The highest BCUT2D eigenvalue weighted by molar-refractivity contribution is 5.85. The molecule has 1 aliphatic rings. The van der Waals surface area contributed by atoms with Crippen molar-refractivity contribution in [2.24, 2.45) is 5.92 Å². The molecule has 2 N–H and O–H groups in total. The van der Waals surface area contributed by atoms with Crippen LogP contribution in [0.5, 0.6) is 0 Å².